The maximum atomic E-state index is 8.62. The van der Waals surface area contributed by atoms with Crippen LogP contribution in [0.4, 0.5) is 0 Å². The lowest BCUT2D eigenvalue weighted by Gasteiger charge is -2.06. The number of hydrogen-bond acceptors (Lipinski definition) is 4. The average molecular weight is 225 g/mol. The van der Waals surface area contributed by atoms with Gasteiger partial charge >= 0.3 is 0 Å². The van der Waals surface area contributed by atoms with E-state index in [0.717, 1.165) is 29.1 Å². The second kappa shape index (κ2) is 6.29. The number of hydrogen-bond donors (Lipinski definition) is 2. The van der Waals surface area contributed by atoms with E-state index < -0.39 is 0 Å². The first-order valence-electron chi connectivity index (χ1n) is 4.84. The molecule has 1 rings (SSSR count). The van der Waals surface area contributed by atoms with Gasteiger partial charge in [-0.05, 0) is 18.2 Å². The third-order valence-electron chi connectivity index (χ3n) is 1.92. The number of oxime groups is 1. The zero-order valence-corrected chi connectivity index (χ0v) is 9.50. The van der Waals surface area contributed by atoms with E-state index in [1.54, 1.807) is 30.2 Å². The van der Waals surface area contributed by atoms with Gasteiger partial charge in [0.2, 0.25) is 0 Å². The Labute approximate surface area is 93.6 Å². The van der Waals surface area contributed by atoms with Crippen LogP contribution in [0.15, 0.2) is 28.5 Å². The van der Waals surface area contributed by atoms with Gasteiger partial charge in [-0.1, -0.05) is 18.5 Å². The second-order valence-electron chi connectivity index (χ2n) is 3.06. The molecule has 0 saturated carbocycles. The zero-order valence-electron chi connectivity index (χ0n) is 8.68. The molecule has 0 radical (unpaired) electrons. The summed E-state index contributed by atoms with van der Waals surface area (Å²) < 4.78 is 0. The number of amidine groups is 1. The smallest absolute Gasteiger partial charge is 0.171 e. The van der Waals surface area contributed by atoms with Crippen LogP contribution in [0.25, 0.3) is 0 Å². The lowest BCUT2D eigenvalue weighted by atomic mass is 10.2. The molecule has 3 N–H and O–H groups in total. The highest BCUT2D eigenvalue weighted by molar-refractivity contribution is 7.99. The number of rotatable bonds is 5. The van der Waals surface area contributed by atoms with Gasteiger partial charge in [-0.2, -0.15) is 0 Å². The first-order chi connectivity index (χ1) is 7.29. The average Bonchev–Trinajstić information content (AvgIpc) is 2.29. The Kier molecular flexibility index (Phi) is 4.97. The van der Waals surface area contributed by atoms with Crippen LogP contribution in [-0.2, 0) is 0 Å². The highest BCUT2D eigenvalue weighted by Gasteiger charge is 2.06. The molecule has 0 fully saturated rings. The molecule has 4 nitrogen and oxygen atoms in total. The topological polar surface area (TPSA) is 71.5 Å². The van der Waals surface area contributed by atoms with Gasteiger partial charge in [0.25, 0.3) is 0 Å². The molecule has 5 heteroatoms. The number of thioether (sulfide) groups is 1. The molecule has 0 aliphatic carbocycles. The van der Waals surface area contributed by atoms with Crippen molar-refractivity contribution in [3.8, 4) is 0 Å². The maximum absolute atomic E-state index is 8.62. The summed E-state index contributed by atoms with van der Waals surface area (Å²) >= 11 is 1.68. The summed E-state index contributed by atoms with van der Waals surface area (Å²) in [4.78, 5) is 4.99. The number of pyridine rings is 1. The normalized spacial score (nSPS) is 11.7. The summed E-state index contributed by atoms with van der Waals surface area (Å²) in [6, 6.07) is 1.75. The van der Waals surface area contributed by atoms with E-state index in [2.05, 4.69) is 17.1 Å². The Bertz CT molecular complexity index is 341. The molecule has 1 aromatic rings. The van der Waals surface area contributed by atoms with Crippen molar-refractivity contribution in [1.29, 1.82) is 0 Å². The lowest BCUT2D eigenvalue weighted by Crippen LogP contribution is -2.14. The minimum atomic E-state index is 0.136. The first kappa shape index (κ1) is 11.8. The monoisotopic (exact) mass is 225 g/mol. The maximum Gasteiger partial charge on any atom is 0.171 e. The molecule has 0 aromatic carbocycles. The summed E-state index contributed by atoms with van der Waals surface area (Å²) in [6.07, 6.45) is 5.69. The molecule has 15 heavy (non-hydrogen) atoms. The Morgan fingerprint density at radius 3 is 3.13 bits per heavy atom. The van der Waals surface area contributed by atoms with Gasteiger partial charge in [-0.15, -0.1) is 11.8 Å². The fourth-order valence-electron chi connectivity index (χ4n) is 1.09. The quantitative estimate of drug-likeness (QED) is 0.201. The van der Waals surface area contributed by atoms with Gasteiger partial charge in [0.05, 0.1) is 0 Å². The Balaban J connectivity index is 2.77. The van der Waals surface area contributed by atoms with Crippen LogP contribution in [0, 0.1) is 0 Å². The van der Waals surface area contributed by atoms with Gasteiger partial charge in [0.15, 0.2) is 5.84 Å². The van der Waals surface area contributed by atoms with Gasteiger partial charge in [-0.25, -0.2) is 0 Å². The predicted octanol–water partition coefficient (Wildman–Crippen LogP) is 2.07. The van der Waals surface area contributed by atoms with Gasteiger partial charge < -0.3 is 10.9 Å². The summed E-state index contributed by atoms with van der Waals surface area (Å²) in [6.45, 7) is 2.15. The molecular formula is C10H15N3OS. The van der Waals surface area contributed by atoms with Crippen molar-refractivity contribution >= 4 is 17.6 Å². The summed E-state index contributed by atoms with van der Waals surface area (Å²) in [7, 11) is 0. The minimum absolute atomic E-state index is 0.136. The number of nitrogens with two attached hydrogens (primary N) is 1. The van der Waals surface area contributed by atoms with E-state index in [0.29, 0.717) is 0 Å². The summed E-state index contributed by atoms with van der Waals surface area (Å²) in [5, 5.41) is 11.6. The molecule has 0 spiro atoms. The molecule has 1 heterocycles. The van der Waals surface area contributed by atoms with Crippen molar-refractivity contribution in [2.24, 2.45) is 10.9 Å². The fourth-order valence-corrected chi connectivity index (χ4v) is 2.20. The van der Waals surface area contributed by atoms with E-state index in [9.17, 15) is 0 Å². The molecule has 0 aliphatic heterocycles. The molecule has 82 valence electrons. The summed E-state index contributed by atoms with van der Waals surface area (Å²) in [5.41, 5.74) is 6.30. The van der Waals surface area contributed by atoms with Crippen LogP contribution in [0.5, 0.6) is 0 Å². The fraction of sp³-hybridized carbons (Fsp3) is 0.400. The van der Waals surface area contributed by atoms with E-state index in [1.165, 1.54) is 0 Å². The van der Waals surface area contributed by atoms with Gasteiger partial charge in [0.1, 0.15) is 0 Å². The highest BCUT2D eigenvalue weighted by Crippen LogP contribution is 2.22. The van der Waals surface area contributed by atoms with Crippen molar-refractivity contribution < 1.29 is 5.21 Å². The van der Waals surface area contributed by atoms with E-state index in [4.69, 9.17) is 10.9 Å². The van der Waals surface area contributed by atoms with E-state index in [-0.39, 0.29) is 5.84 Å². The Morgan fingerprint density at radius 1 is 1.67 bits per heavy atom. The van der Waals surface area contributed by atoms with Crippen molar-refractivity contribution in [3.05, 3.63) is 24.0 Å². The molecule has 0 atom stereocenters. The van der Waals surface area contributed by atoms with Crippen LogP contribution in [0.1, 0.15) is 25.3 Å². The van der Waals surface area contributed by atoms with Crippen LogP contribution >= 0.6 is 11.8 Å². The molecule has 0 amide bonds. The third kappa shape index (κ3) is 3.43. The van der Waals surface area contributed by atoms with Crippen LogP contribution in [0.3, 0.4) is 0 Å². The van der Waals surface area contributed by atoms with Crippen molar-refractivity contribution in [3.63, 3.8) is 0 Å². The Morgan fingerprint density at radius 2 is 2.47 bits per heavy atom. The largest absolute Gasteiger partial charge is 0.409 e. The number of unbranched alkanes of at least 4 members (excludes halogenated alkanes) is 1. The van der Waals surface area contributed by atoms with E-state index >= 15 is 0 Å². The molecular weight excluding hydrogens is 210 g/mol. The molecule has 0 bridgehead atoms. The van der Waals surface area contributed by atoms with Crippen molar-refractivity contribution in [1.82, 2.24) is 4.98 Å². The molecule has 0 unspecified atom stereocenters. The molecule has 1 aromatic heterocycles. The predicted molar refractivity (Wildman–Crippen MR) is 62.4 cm³/mol. The van der Waals surface area contributed by atoms with Gasteiger partial charge in [0, 0.05) is 22.9 Å². The van der Waals surface area contributed by atoms with Crippen LogP contribution in [0.2, 0.25) is 0 Å². The lowest BCUT2D eigenvalue weighted by molar-refractivity contribution is 0.318. The third-order valence-corrected chi connectivity index (χ3v) is 3.05. The minimum Gasteiger partial charge on any atom is -0.409 e. The first-order valence-corrected chi connectivity index (χ1v) is 5.82. The zero-order chi connectivity index (χ0) is 11.1. The second-order valence-corrected chi connectivity index (χ2v) is 4.20. The number of aromatic nitrogens is 1. The number of nitrogens with zero attached hydrogens (tertiary/aromatic N) is 2. The molecule has 0 aliphatic rings. The van der Waals surface area contributed by atoms with Crippen LogP contribution in [-0.4, -0.2) is 21.8 Å². The Hall–Kier alpha value is -1.23. The SMILES string of the molecule is CCCCSc1cnccc1/C(N)=N/O. The highest BCUT2D eigenvalue weighted by atomic mass is 32.2. The van der Waals surface area contributed by atoms with E-state index in [1.807, 2.05) is 0 Å². The molecule has 0 saturated heterocycles. The summed E-state index contributed by atoms with van der Waals surface area (Å²) in [5.74, 6) is 1.16. The van der Waals surface area contributed by atoms with Crippen molar-refractivity contribution in [2.45, 2.75) is 24.7 Å². The standard InChI is InChI=1S/C10H15N3OS/c1-2-3-6-15-9-7-12-5-4-8(9)10(11)13-14/h4-5,7,14H,2-3,6H2,1H3,(H2,11,13). The van der Waals surface area contributed by atoms with Crippen LogP contribution < -0.4 is 5.73 Å². The van der Waals surface area contributed by atoms with Gasteiger partial charge in [-0.3, -0.25) is 4.98 Å². The van der Waals surface area contributed by atoms with Crippen molar-refractivity contribution in [2.75, 3.05) is 5.75 Å².